The van der Waals surface area contributed by atoms with Crippen LogP contribution < -0.4 is 15.6 Å². The monoisotopic (exact) mass is 440 g/mol. The number of halogens is 2. The van der Waals surface area contributed by atoms with Crippen LogP contribution in [-0.4, -0.2) is 18.4 Å². The van der Waals surface area contributed by atoms with Crippen LogP contribution in [0.1, 0.15) is 27.6 Å². The molecule has 2 aromatic rings. The summed E-state index contributed by atoms with van der Waals surface area (Å²) in [4.78, 5) is 24.1. The molecule has 0 saturated carbocycles. The van der Waals surface area contributed by atoms with Gasteiger partial charge in [-0.1, -0.05) is 12.1 Å². The van der Waals surface area contributed by atoms with Gasteiger partial charge in [-0.05, 0) is 69.1 Å². The van der Waals surface area contributed by atoms with E-state index in [0.29, 0.717) is 32.4 Å². The van der Waals surface area contributed by atoms with Gasteiger partial charge >= 0.3 is 0 Å². The zero-order chi connectivity index (χ0) is 16.8. The molecule has 2 N–H and O–H groups in total. The molecule has 0 atom stereocenters. The second-order valence-corrected chi connectivity index (χ2v) is 6.17. The van der Waals surface area contributed by atoms with Crippen molar-refractivity contribution in [2.75, 3.05) is 6.61 Å². The lowest BCUT2D eigenvalue weighted by Gasteiger charge is -2.10. The molecule has 2 amide bonds. The highest BCUT2D eigenvalue weighted by atomic mass is 79.9. The van der Waals surface area contributed by atoms with Crippen LogP contribution in [-0.2, 0) is 0 Å². The molecule has 23 heavy (non-hydrogen) atoms. The number of hydrogen-bond donors (Lipinski definition) is 2. The zero-order valence-corrected chi connectivity index (χ0v) is 15.4. The van der Waals surface area contributed by atoms with Gasteiger partial charge in [-0.2, -0.15) is 0 Å². The van der Waals surface area contributed by atoms with Crippen molar-refractivity contribution in [2.24, 2.45) is 0 Å². The van der Waals surface area contributed by atoms with Crippen LogP contribution in [0.25, 0.3) is 0 Å². The van der Waals surface area contributed by atoms with Crippen LogP contribution in [0.4, 0.5) is 0 Å². The standard InChI is InChI=1S/C16H14Br2N2O3/c1-2-23-14-8-7-10(9-13(14)18)15(21)19-20-16(22)11-5-3-4-6-12(11)17/h3-9H,2H2,1H3,(H,19,21)(H,20,22). The lowest BCUT2D eigenvalue weighted by molar-refractivity contribution is 0.0846. The highest BCUT2D eigenvalue weighted by Gasteiger charge is 2.12. The van der Waals surface area contributed by atoms with E-state index in [-0.39, 0.29) is 0 Å². The van der Waals surface area contributed by atoms with Crippen molar-refractivity contribution in [2.45, 2.75) is 6.92 Å². The highest BCUT2D eigenvalue weighted by Crippen LogP contribution is 2.25. The molecule has 0 heterocycles. The molecule has 0 fully saturated rings. The molecule has 0 aromatic heterocycles. The molecule has 120 valence electrons. The minimum Gasteiger partial charge on any atom is -0.493 e. The van der Waals surface area contributed by atoms with Crippen LogP contribution in [0.3, 0.4) is 0 Å². The largest absolute Gasteiger partial charge is 0.493 e. The smallest absolute Gasteiger partial charge is 0.270 e. The number of amides is 2. The summed E-state index contributed by atoms with van der Waals surface area (Å²) in [6.45, 7) is 2.41. The molecule has 0 saturated heterocycles. The fourth-order valence-corrected chi connectivity index (χ4v) is 2.77. The van der Waals surface area contributed by atoms with E-state index >= 15 is 0 Å². The van der Waals surface area contributed by atoms with Crippen molar-refractivity contribution in [1.29, 1.82) is 0 Å². The first-order chi connectivity index (χ1) is 11.0. The van der Waals surface area contributed by atoms with Crippen molar-refractivity contribution in [3.63, 3.8) is 0 Å². The van der Waals surface area contributed by atoms with E-state index in [1.54, 1.807) is 42.5 Å². The molecule has 0 spiro atoms. The van der Waals surface area contributed by atoms with E-state index in [4.69, 9.17) is 4.74 Å². The molecule has 2 rings (SSSR count). The van der Waals surface area contributed by atoms with Gasteiger partial charge < -0.3 is 4.74 Å². The first-order valence-corrected chi connectivity index (χ1v) is 8.39. The molecule has 0 unspecified atom stereocenters. The van der Waals surface area contributed by atoms with Crippen LogP contribution in [0.2, 0.25) is 0 Å². The summed E-state index contributed by atoms with van der Waals surface area (Å²) in [6, 6.07) is 11.9. The van der Waals surface area contributed by atoms with Gasteiger partial charge in [0.2, 0.25) is 0 Å². The summed E-state index contributed by atoms with van der Waals surface area (Å²) < 4.78 is 6.71. The fraction of sp³-hybridized carbons (Fsp3) is 0.125. The normalized spacial score (nSPS) is 10.0. The number of benzene rings is 2. The maximum absolute atomic E-state index is 12.1. The van der Waals surface area contributed by atoms with Crippen LogP contribution in [0.15, 0.2) is 51.4 Å². The Labute approximate surface area is 150 Å². The van der Waals surface area contributed by atoms with E-state index in [1.807, 2.05) is 6.92 Å². The molecule has 5 nitrogen and oxygen atoms in total. The second-order valence-electron chi connectivity index (χ2n) is 4.47. The van der Waals surface area contributed by atoms with Crippen molar-refractivity contribution in [1.82, 2.24) is 10.9 Å². The second kappa shape index (κ2) is 8.12. The molecule has 2 aromatic carbocycles. The quantitative estimate of drug-likeness (QED) is 0.711. The molecular weight excluding hydrogens is 428 g/mol. The van der Waals surface area contributed by atoms with Crippen molar-refractivity contribution < 1.29 is 14.3 Å². The summed E-state index contributed by atoms with van der Waals surface area (Å²) >= 11 is 6.63. The molecular formula is C16H14Br2N2O3. The van der Waals surface area contributed by atoms with E-state index < -0.39 is 11.8 Å². The molecule has 0 aliphatic carbocycles. The summed E-state index contributed by atoms with van der Waals surface area (Å²) in [5.74, 6) is -0.175. The number of hydrazine groups is 1. The maximum Gasteiger partial charge on any atom is 0.270 e. The van der Waals surface area contributed by atoms with E-state index in [1.165, 1.54) is 0 Å². The van der Waals surface area contributed by atoms with Gasteiger partial charge in [0.25, 0.3) is 11.8 Å². The lowest BCUT2D eigenvalue weighted by Crippen LogP contribution is -2.41. The SMILES string of the molecule is CCOc1ccc(C(=O)NNC(=O)c2ccccc2Br)cc1Br. The van der Waals surface area contributed by atoms with Crippen molar-refractivity contribution >= 4 is 43.7 Å². The third-order valence-corrected chi connectivity index (χ3v) is 4.21. The number of rotatable bonds is 4. The Morgan fingerprint density at radius 3 is 2.35 bits per heavy atom. The average molecular weight is 442 g/mol. The van der Waals surface area contributed by atoms with E-state index in [9.17, 15) is 9.59 Å². The number of carbonyl (C=O) groups is 2. The van der Waals surface area contributed by atoms with Crippen LogP contribution in [0.5, 0.6) is 5.75 Å². The van der Waals surface area contributed by atoms with Crippen LogP contribution in [0, 0.1) is 0 Å². The van der Waals surface area contributed by atoms with E-state index in [0.717, 1.165) is 0 Å². The summed E-state index contributed by atoms with van der Waals surface area (Å²) in [5, 5.41) is 0. The Kier molecular flexibility index (Phi) is 6.18. The molecule has 0 aliphatic heterocycles. The summed E-state index contributed by atoms with van der Waals surface area (Å²) in [5.41, 5.74) is 5.59. The van der Waals surface area contributed by atoms with Gasteiger partial charge in [0.1, 0.15) is 5.75 Å². The minimum absolute atomic E-state index is 0.396. The number of carbonyl (C=O) groups excluding carboxylic acids is 2. The summed E-state index contributed by atoms with van der Waals surface area (Å²) in [6.07, 6.45) is 0. The maximum atomic E-state index is 12.1. The number of nitrogens with one attached hydrogen (secondary N) is 2. The third kappa shape index (κ3) is 4.56. The predicted octanol–water partition coefficient (Wildman–Crippen LogP) is 3.69. The van der Waals surface area contributed by atoms with Crippen LogP contribution >= 0.6 is 31.9 Å². The Morgan fingerprint density at radius 1 is 1.00 bits per heavy atom. The molecule has 7 heteroatoms. The fourth-order valence-electron chi connectivity index (χ4n) is 1.81. The van der Waals surface area contributed by atoms with E-state index in [2.05, 4.69) is 42.7 Å². The van der Waals surface area contributed by atoms with Crippen molar-refractivity contribution in [3.8, 4) is 5.75 Å². The zero-order valence-electron chi connectivity index (χ0n) is 12.2. The van der Waals surface area contributed by atoms with Gasteiger partial charge in [-0.25, -0.2) is 0 Å². The Morgan fingerprint density at radius 2 is 1.70 bits per heavy atom. The Balaban J connectivity index is 2.01. The van der Waals surface area contributed by atoms with Crippen molar-refractivity contribution in [3.05, 3.63) is 62.5 Å². The number of hydrogen-bond acceptors (Lipinski definition) is 3. The third-order valence-electron chi connectivity index (χ3n) is 2.90. The molecule has 0 aliphatic rings. The predicted molar refractivity (Wildman–Crippen MR) is 94.4 cm³/mol. The lowest BCUT2D eigenvalue weighted by atomic mass is 10.2. The molecule has 0 bridgehead atoms. The average Bonchev–Trinajstić information content (AvgIpc) is 2.54. The Hall–Kier alpha value is -1.86. The minimum atomic E-state index is -0.422. The number of ether oxygens (including phenoxy) is 1. The highest BCUT2D eigenvalue weighted by molar-refractivity contribution is 9.10. The van der Waals surface area contributed by atoms with Gasteiger partial charge in [-0.3, -0.25) is 20.4 Å². The van der Waals surface area contributed by atoms with Gasteiger partial charge in [0.05, 0.1) is 16.6 Å². The Bertz CT molecular complexity index is 735. The van der Waals surface area contributed by atoms with Gasteiger partial charge in [0.15, 0.2) is 0 Å². The van der Waals surface area contributed by atoms with Gasteiger partial charge in [0, 0.05) is 10.0 Å². The summed E-state index contributed by atoms with van der Waals surface area (Å²) in [7, 11) is 0. The van der Waals surface area contributed by atoms with Gasteiger partial charge in [-0.15, -0.1) is 0 Å². The topological polar surface area (TPSA) is 67.4 Å². The molecule has 0 radical (unpaired) electrons. The first kappa shape index (κ1) is 17.5. The first-order valence-electron chi connectivity index (χ1n) is 6.80.